The monoisotopic (exact) mass is 124 g/mol. The fourth-order valence-electron chi connectivity index (χ4n) is 0.433. The van der Waals surface area contributed by atoms with Gasteiger partial charge in [-0.25, -0.2) is 0 Å². The highest BCUT2D eigenvalue weighted by Gasteiger charge is 1.74. The third kappa shape index (κ3) is 7.23. The topological polar surface area (TPSA) is 17.1 Å². The molecular weight excluding hydrogens is 112 g/mol. The van der Waals surface area contributed by atoms with E-state index in [0.29, 0.717) is 6.42 Å². The maximum absolute atomic E-state index is 9.77. The molecule has 0 amide bonds. The molecule has 0 saturated heterocycles. The molecule has 0 aliphatic carbocycles. The number of hydrogen-bond acceptors (Lipinski definition) is 1. The fourth-order valence-corrected chi connectivity index (χ4v) is 0.433. The molecule has 0 spiro atoms. The van der Waals surface area contributed by atoms with Crippen LogP contribution in [-0.4, -0.2) is 6.29 Å². The minimum Gasteiger partial charge on any atom is -0.303 e. The van der Waals surface area contributed by atoms with Crippen molar-refractivity contribution in [2.75, 3.05) is 0 Å². The van der Waals surface area contributed by atoms with Crippen molar-refractivity contribution < 1.29 is 4.79 Å². The Morgan fingerprint density at radius 1 is 1.33 bits per heavy atom. The van der Waals surface area contributed by atoms with Gasteiger partial charge in [0.05, 0.1) is 0 Å². The van der Waals surface area contributed by atoms with Crippen molar-refractivity contribution in [3.05, 3.63) is 0 Å². The summed E-state index contributed by atoms with van der Waals surface area (Å²) in [6.45, 7) is 2.09. The molecule has 1 nitrogen and oxygen atoms in total. The Bertz CT molecular complexity index is 116. The summed E-state index contributed by atoms with van der Waals surface area (Å²) in [7, 11) is 0. The number of hydrogen-bond donors (Lipinski definition) is 0. The van der Waals surface area contributed by atoms with Crippen LogP contribution in [0.3, 0.4) is 0 Å². The summed E-state index contributed by atoms with van der Waals surface area (Å²) in [4.78, 5) is 9.77. The largest absolute Gasteiger partial charge is 0.303 e. The molecule has 0 bridgehead atoms. The molecule has 0 radical (unpaired) electrons. The van der Waals surface area contributed by atoms with Crippen LogP contribution in [0.15, 0.2) is 0 Å². The molecule has 0 saturated carbocycles. The minimum absolute atomic E-state index is 0.580. The van der Waals surface area contributed by atoms with E-state index in [1.165, 1.54) is 0 Å². The number of rotatable bonds is 3. The van der Waals surface area contributed by atoms with E-state index < -0.39 is 0 Å². The second kappa shape index (κ2) is 7.23. The Morgan fingerprint density at radius 2 is 2.00 bits per heavy atom. The Hall–Kier alpha value is -0.770. The van der Waals surface area contributed by atoms with Crippen LogP contribution in [0.1, 0.15) is 32.6 Å². The maximum atomic E-state index is 9.77. The lowest BCUT2D eigenvalue weighted by Crippen LogP contribution is -1.70. The average molecular weight is 124 g/mol. The molecule has 0 fully saturated rings. The summed E-state index contributed by atoms with van der Waals surface area (Å²) >= 11 is 0. The van der Waals surface area contributed by atoms with E-state index in [1.807, 2.05) is 0 Å². The van der Waals surface area contributed by atoms with Gasteiger partial charge in [-0.05, 0) is 6.42 Å². The average Bonchev–Trinajstić information content (AvgIpc) is 1.89. The molecule has 1 heteroatoms. The van der Waals surface area contributed by atoms with E-state index in [0.717, 1.165) is 25.5 Å². The van der Waals surface area contributed by atoms with E-state index >= 15 is 0 Å². The Balaban J connectivity index is 3.05. The van der Waals surface area contributed by atoms with Crippen molar-refractivity contribution in [2.45, 2.75) is 32.6 Å². The summed E-state index contributed by atoms with van der Waals surface area (Å²) in [6.07, 6.45) is 4.27. The van der Waals surface area contributed by atoms with Gasteiger partial charge in [-0.3, -0.25) is 0 Å². The highest BCUT2D eigenvalue weighted by atomic mass is 16.1. The Kier molecular flexibility index (Phi) is 6.61. The second-order valence-corrected chi connectivity index (χ2v) is 1.81. The zero-order valence-corrected chi connectivity index (χ0v) is 5.81. The van der Waals surface area contributed by atoms with Gasteiger partial charge < -0.3 is 4.79 Å². The van der Waals surface area contributed by atoms with E-state index in [4.69, 9.17) is 0 Å². The molecule has 0 aliphatic rings. The van der Waals surface area contributed by atoms with E-state index in [9.17, 15) is 4.79 Å². The molecule has 0 heterocycles. The second-order valence-electron chi connectivity index (χ2n) is 1.81. The SMILES string of the molecule is CCCC#CCCC=O. The van der Waals surface area contributed by atoms with Gasteiger partial charge in [0, 0.05) is 19.3 Å². The van der Waals surface area contributed by atoms with Crippen LogP contribution in [0.25, 0.3) is 0 Å². The molecule has 0 aromatic heterocycles. The van der Waals surface area contributed by atoms with Crippen LogP contribution in [0.4, 0.5) is 0 Å². The third-order valence-corrected chi connectivity index (χ3v) is 0.887. The molecular formula is C8H12O. The molecule has 0 N–H and O–H groups in total. The van der Waals surface area contributed by atoms with Crippen LogP contribution in [0.2, 0.25) is 0 Å². The maximum Gasteiger partial charge on any atom is 0.120 e. The molecule has 0 unspecified atom stereocenters. The van der Waals surface area contributed by atoms with Crippen LogP contribution < -0.4 is 0 Å². The van der Waals surface area contributed by atoms with Crippen LogP contribution in [0.5, 0.6) is 0 Å². The fraction of sp³-hybridized carbons (Fsp3) is 0.625. The van der Waals surface area contributed by atoms with Crippen molar-refractivity contribution in [3.8, 4) is 11.8 Å². The molecule has 0 atom stereocenters. The predicted molar refractivity (Wildman–Crippen MR) is 38.0 cm³/mol. The van der Waals surface area contributed by atoms with Crippen LogP contribution in [0, 0.1) is 11.8 Å². The van der Waals surface area contributed by atoms with Crippen molar-refractivity contribution in [2.24, 2.45) is 0 Å². The molecule has 0 aliphatic heterocycles. The summed E-state index contributed by atoms with van der Waals surface area (Å²) in [5.74, 6) is 5.87. The van der Waals surface area contributed by atoms with Gasteiger partial charge in [-0.2, -0.15) is 0 Å². The first-order valence-electron chi connectivity index (χ1n) is 3.31. The predicted octanol–water partition coefficient (Wildman–Crippen LogP) is 1.77. The smallest absolute Gasteiger partial charge is 0.120 e. The van der Waals surface area contributed by atoms with Gasteiger partial charge in [0.2, 0.25) is 0 Å². The highest BCUT2D eigenvalue weighted by molar-refractivity contribution is 5.49. The zero-order chi connectivity index (χ0) is 6.95. The van der Waals surface area contributed by atoms with E-state index in [-0.39, 0.29) is 0 Å². The van der Waals surface area contributed by atoms with E-state index in [1.54, 1.807) is 0 Å². The standard InChI is InChI=1S/C8H12O/c1-2-3-4-5-6-7-8-9/h8H,2-3,6-7H2,1H3. The van der Waals surface area contributed by atoms with Crippen LogP contribution >= 0.6 is 0 Å². The number of carbonyl (C=O) groups is 1. The number of unbranched alkanes of at least 4 members (excludes halogenated alkanes) is 2. The van der Waals surface area contributed by atoms with Gasteiger partial charge in [-0.1, -0.05) is 6.92 Å². The first kappa shape index (κ1) is 8.23. The van der Waals surface area contributed by atoms with Crippen molar-refractivity contribution in [3.63, 3.8) is 0 Å². The summed E-state index contributed by atoms with van der Waals surface area (Å²) in [6, 6.07) is 0. The quantitative estimate of drug-likeness (QED) is 0.318. The summed E-state index contributed by atoms with van der Waals surface area (Å²) in [5.41, 5.74) is 0. The Morgan fingerprint density at radius 3 is 2.56 bits per heavy atom. The van der Waals surface area contributed by atoms with Crippen molar-refractivity contribution in [1.82, 2.24) is 0 Å². The van der Waals surface area contributed by atoms with Crippen molar-refractivity contribution in [1.29, 1.82) is 0 Å². The first-order valence-corrected chi connectivity index (χ1v) is 3.31. The van der Waals surface area contributed by atoms with E-state index in [2.05, 4.69) is 18.8 Å². The summed E-state index contributed by atoms with van der Waals surface area (Å²) in [5, 5.41) is 0. The van der Waals surface area contributed by atoms with Gasteiger partial charge in [0.25, 0.3) is 0 Å². The first-order chi connectivity index (χ1) is 4.41. The van der Waals surface area contributed by atoms with Gasteiger partial charge >= 0.3 is 0 Å². The zero-order valence-electron chi connectivity index (χ0n) is 5.81. The van der Waals surface area contributed by atoms with Crippen LogP contribution in [-0.2, 0) is 4.79 Å². The minimum atomic E-state index is 0.580. The lowest BCUT2D eigenvalue weighted by molar-refractivity contribution is -0.107. The lowest BCUT2D eigenvalue weighted by atomic mass is 10.3. The normalized spacial score (nSPS) is 7.67. The van der Waals surface area contributed by atoms with Gasteiger partial charge in [0.15, 0.2) is 0 Å². The number of carbonyl (C=O) groups excluding carboxylic acids is 1. The van der Waals surface area contributed by atoms with Gasteiger partial charge in [-0.15, -0.1) is 11.8 Å². The van der Waals surface area contributed by atoms with Gasteiger partial charge in [0.1, 0.15) is 6.29 Å². The molecule has 50 valence electrons. The molecule has 0 aromatic carbocycles. The lowest BCUT2D eigenvalue weighted by Gasteiger charge is -1.77. The summed E-state index contributed by atoms with van der Waals surface area (Å²) < 4.78 is 0. The van der Waals surface area contributed by atoms with Crippen molar-refractivity contribution >= 4 is 6.29 Å². The number of aldehydes is 1. The molecule has 0 aromatic rings. The highest BCUT2D eigenvalue weighted by Crippen LogP contribution is 1.84. The molecule has 0 rings (SSSR count). The Labute approximate surface area is 56.5 Å². The third-order valence-electron chi connectivity index (χ3n) is 0.887. The molecule has 9 heavy (non-hydrogen) atoms.